The van der Waals surface area contributed by atoms with Crippen LogP contribution in [-0.2, 0) is 4.79 Å². The molecule has 84 valence electrons. The molecule has 3 heteroatoms. The molecule has 0 aliphatic rings. The molecule has 0 aliphatic carbocycles. The summed E-state index contributed by atoms with van der Waals surface area (Å²) in [7, 11) is 0. The number of rotatable bonds is 7. The predicted octanol–water partition coefficient (Wildman–Crippen LogP) is 2.25. The van der Waals surface area contributed by atoms with Gasteiger partial charge < -0.3 is 10.8 Å². The first kappa shape index (κ1) is 13.4. The van der Waals surface area contributed by atoms with E-state index >= 15 is 0 Å². The lowest BCUT2D eigenvalue weighted by molar-refractivity contribution is -0.137. The maximum Gasteiger partial charge on any atom is 0.304 e. The van der Waals surface area contributed by atoms with E-state index in [0.717, 1.165) is 12.8 Å². The maximum absolute atomic E-state index is 10.4. The van der Waals surface area contributed by atoms with Gasteiger partial charge in [0, 0.05) is 6.04 Å². The van der Waals surface area contributed by atoms with E-state index in [0.29, 0.717) is 11.8 Å². The SMILES string of the molecule is CC(C)CCC(C)CC(N)CC(=O)O. The van der Waals surface area contributed by atoms with E-state index in [1.165, 1.54) is 6.42 Å². The summed E-state index contributed by atoms with van der Waals surface area (Å²) in [4.78, 5) is 10.4. The normalized spacial score (nSPS) is 15.5. The van der Waals surface area contributed by atoms with E-state index < -0.39 is 5.97 Å². The molecule has 0 aromatic carbocycles. The Morgan fingerprint density at radius 3 is 2.29 bits per heavy atom. The average Bonchev–Trinajstić information content (AvgIpc) is 1.98. The quantitative estimate of drug-likeness (QED) is 0.664. The third-order valence-corrected chi connectivity index (χ3v) is 2.38. The Kier molecular flexibility index (Phi) is 6.54. The summed E-state index contributed by atoms with van der Waals surface area (Å²) < 4.78 is 0. The van der Waals surface area contributed by atoms with Crippen LogP contribution in [0.3, 0.4) is 0 Å². The number of hydrogen-bond donors (Lipinski definition) is 2. The van der Waals surface area contributed by atoms with Gasteiger partial charge in [0.15, 0.2) is 0 Å². The van der Waals surface area contributed by atoms with Crippen molar-refractivity contribution in [2.45, 2.75) is 52.5 Å². The van der Waals surface area contributed by atoms with Gasteiger partial charge in [0.05, 0.1) is 6.42 Å². The van der Waals surface area contributed by atoms with Gasteiger partial charge in [-0.1, -0.05) is 33.6 Å². The second-order valence-electron chi connectivity index (χ2n) is 4.67. The molecule has 0 saturated heterocycles. The molecule has 0 aromatic rings. The first-order chi connectivity index (χ1) is 6.41. The van der Waals surface area contributed by atoms with Crippen molar-refractivity contribution in [3.63, 3.8) is 0 Å². The van der Waals surface area contributed by atoms with Crippen LogP contribution in [0.4, 0.5) is 0 Å². The maximum atomic E-state index is 10.4. The lowest BCUT2D eigenvalue weighted by Crippen LogP contribution is -2.26. The summed E-state index contributed by atoms with van der Waals surface area (Å²) in [6, 6.07) is -0.185. The summed E-state index contributed by atoms with van der Waals surface area (Å²) in [5.41, 5.74) is 5.70. The van der Waals surface area contributed by atoms with Gasteiger partial charge in [-0.3, -0.25) is 4.79 Å². The molecule has 0 saturated carbocycles. The van der Waals surface area contributed by atoms with Crippen molar-refractivity contribution in [2.75, 3.05) is 0 Å². The fourth-order valence-electron chi connectivity index (χ4n) is 1.56. The highest BCUT2D eigenvalue weighted by atomic mass is 16.4. The van der Waals surface area contributed by atoms with Crippen LogP contribution in [0.5, 0.6) is 0 Å². The molecular formula is C11H23NO2. The van der Waals surface area contributed by atoms with Crippen molar-refractivity contribution in [1.29, 1.82) is 0 Å². The molecule has 0 heterocycles. The number of hydrogen-bond acceptors (Lipinski definition) is 2. The molecule has 0 aliphatic heterocycles. The Hall–Kier alpha value is -0.570. The largest absolute Gasteiger partial charge is 0.481 e. The van der Waals surface area contributed by atoms with Crippen molar-refractivity contribution in [3.05, 3.63) is 0 Å². The van der Waals surface area contributed by atoms with Crippen LogP contribution < -0.4 is 5.73 Å². The third-order valence-electron chi connectivity index (χ3n) is 2.38. The van der Waals surface area contributed by atoms with E-state index in [2.05, 4.69) is 20.8 Å². The van der Waals surface area contributed by atoms with Crippen LogP contribution >= 0.6 is 0 Å². The van der Waals surface area contributed by atoms with Crippen LogP contribution in [0.2, 0.25) is 0 Å². The zero-order chi connectivity index (χ0) is 11.1. The Labute approximate surface area is 86.7 Å². The van der Waals surface area contributed by atoms with Crippen molar-refractivity contribution in [3.8, 4) is 0 Å². The Morgan fingerprint density at radius 1 is 1.29 bits per heavy atom. The number of aliphatic carboxylic acids is 1. The Bertz CT molecular complexity index is 169. The zero-order valence-corrected chi connectivity index (χ0v) is 9.49. The third kappa shape index (κ3) is 8.05. The summed E-state index contributed by atoms with van der Waals surface area (Å²) >= 11 is 0. The summed E-state index contributed by atoms with van der Waals surface area (Å²) in [6.07, 6.45) is 3.25. The number of carboxylic acids is 1. The van der Waals surface area contributed by atoms with Crippen molar-refractivity contribution < 1.29 is 9.90 Å². The first-order valence-electron chi connectivity index (χ1n) is 5.39. The second-order valence-corrected chi connectivity index (χ2v) is 4.67. The van der Waals surface area contributed by atoms with E-state index in [9.17, 15) is 4.79 Å². The Morgan fingerprint density at radius 2 is 1.86 bits per heavy atom. The number of nitrogens with two attached hydrogens (primary N) is 1. The second kappa shape index (κ2) is 6.82. The van der Waals surface area contributed by atoms with Gasteiger partial charge in [-0.25, -0.2) is 0 Å². The molecular weight excluding hydrogens is 178 g/mol. The summed E-state index contributed by atoms with van der Waals surface area (Å²) in [5, 5.41) is 8.53. The molecule has 2 atom stereocenters. The lowest BCUT2D eigenvalue weighted by atomic mass is 9.93. The van der Waals surface area contributed by atoms with Gasteiger partial charge in [-0.15, -0.1) is 0 Å². The molecule has 0 bridgehead atoms. The minimum Gasteiger partial charge on any atom is -0.481 e. The number of carbonyl (C=O) groups is 1. The molecule has 3 nitrogen and oxygen atoms in total. The fourth-order valence-corrected chi connectivity index (χ4v) is 1.56. The average molecular weight is 201 g/mol. The van der Waals surface area contributed by atoms with Crippen LogP contribution in [0.25, 0.3) is 0 Å². The molecule has 0 fully saturated rings. The molecule has 14 heavy (non-hydrogen) atoms. The van der Waals surface area contributed by atoms with Crippen LogP contribution in [0, 0.1) is 11.8 Å². The van der Waals surface area contributed by atoms with E-state index in [4.69, 9.17) is 10.8 Å². The molecule has 0 amide bonds. The van der Waals surface area contributed by atoms with E-state index in [1.807, 2.05) is 0 Å². The topological polar surface area (TPSA) is 63.3 Å². The predicted molar refractivity (Wildman–Crippen MR) is 58.1 cm³/mol. The van der Waals surface area contributed by atoms with Crippen molar-refractivity contribution >= 4 is 5.97 Å². The van der Waals surface area contributed by atoms with Crippen LogP contribution in [0.15, 0.2) is 0 Å². The van der Waals surface area contributed by atoms with Gasteiger partial charge in [0.25, 0.3) is 0 Å². The van der Waals surface area contributed by atoms with Crippen LogP contribution in [-0.4, -0.2) is 17.1 Å². The molecule has 3 N–H and O–H groups in total. The van der Waals surface area contributed by atoms with Crippen molar-refractivity contribution in [2.24, 2.45) is 17.6 Å². The lowest BCUT2D eigenvalue weighted by Gasteiger charge is -2.16. The highest BCUT2D eigenvalue weighted by molar-refractivity contribution is 5.67. The van der Waals surface area contributed by atoms with Gasteiger partial charge in [0.1, 0.15) is 0 Å². The van der Waals surface area contributed by atoms with Gasteiger partial charge in [0.2, 0.25) is 0 Å². The minimum absolute atomic E-state index is 0.0893. The molecule has 0 spiro atoms. The fraction of sp³-hybridized carbons (Fsp3) is 0.909. The molecule has 0 radical (unpaired) electrons. The minimum atomic E-state index is -0.798. The van der Waals surface area contributed by atoms with E-state index in [1.54, 1.807) is 0 Å². The molecule has 2 unspecified atom stereocenters. The highest BCUT2D eigenvalue weighted by Gasteiger charge is 2.12. The van der Waals surface area contributed by atoms with Gasteiger partial charge >= 0.3 is 5.97 Å². The summed E-state index contributed by atoms with van der Waals surface area (Å²) in [6.45, 7) is 6.54. The monoisotopic (exact) mass is 201 g/mol. The first-order valence-corrected chi connectivity index (χ1v) is 5.39. The Balaban J connectivity index is 3.59. The number of carboxylic acid groups (broad SMARTS) is 1. The van der Waals surface area contributed by atoms with Crippen LogP contribution in [0.1, 0.15) is 46.5 Å². The van der Waals surface area contributed by atoms with E-state index in [-0.39, 0.29) is 12.5 Å². The molecule has 0 rings (SSSR count). The molecule has 0 aromatic heterocycles. The standard InChI is InChI=1S/C11H23NO2/c1-8(2)4-5-9(3)6-10(12)7-11(13)14/h8-10H,4-7,12H2,1-3H3,(H,13,14). The van der Waals surface area contributed by atoms with Gasteiger partial charge in [-0.05, 0) is 18.3 Å². The smallest absolute Gasteiger partial charge is 0.304 e. The van der Waals surface area contributed by atoms with Crippen molar-refractivity contribution in [1.82, 2.24) is 0 Å². The zero-order valence-electron chi connectivity index (χ0n) is 9.49. The van der Waals surface area contributed by atoms with Gasteiger partial charge in [-0.2, -0.15) is 0 Å². The summed E-state index contributed by atoms with van der Waals surface area (Å²) in [5.74, 6) is 0.452. The highest BCUT2D eigenvalue weighted by Crippen LogP contribution is 2.16.